The molecule has 28 heavy (non-hydrogen) atoms. The fourth-order valence-electron chi connectivity index (χ4n) is 3.18. The number of nitrogens with two attached hydrogens (primary N) is 1. The number of allylic oxidation sites excluding steroid dienone is 1. The molecule has 2 aromatic rings. The zero-order valence-corrected chi connectivity index (χ0v) is 17.6. The van der Waals surface area contributed by atoms with E-state index in [1.54, 1.807) is 6.33 Å². The van der Waals surface area contributed by atoms with Crippen LogP contribution < -0.4 is 5.73 Å². The van der Waals surface area contributed by atoms with Gasteiger partial charge in [-0.2, -0.15) is 0 Å². The van der Waals surface area contributed by atoms with Gasteiger partial charge in [-0.15, -0.1) is 0 Å². The standard InChI is InChI=1S/C18H28N5O4P/c1-12(2)26-28(24,27-13(3)4)11-25-15-7-5-14(6-8-15)23-10-22-16-17(19)20-9-21-18(16)23/h5,7,9-10,12-15H,6,8,11H2,1-4H3,(H2,19,20,21)/t14-,15+/m0/s1. The number of fused-ring (bicyclic) bond motifs is 1. The van der Waals surface area contributed by atoms with Gasteiger partial charge in [0.15, 0.2) is 11.5 Å². The summed E-state index contributed by atoms with van der Waals surface area (Å²) in [6.45, 7) is 7.31. The maximum Gasteiger partial charge on any atom is 0.356 e. The van der Waals surface area contributed by atoms with Crippen molar-refractivity contribution in [3.63, 3.8) is 0 Å². The van der Waals surface area contributed by atoms with Crippen molar-refractivity contribution in [2.75, 3.05) is 12.1 Å². The monoisotopic (exact) mass is 409 g/mol. The minimum atomic E-state index is -3.30. The zero-order chi connectivity index (χ0) is 20.3. The molecule has 1 aliphatic carbocycles. The largest absolute Gasteiger partial charge is 0.382 e. The van der Waals surface area contributed by atoms with Crippen molar-refractivity contribution in [2.45, 2.75) is 64.9 Å². The van der Waals surface area contributed by atoms with Gasteiger partial charge in [-0.3, -0.25) is 4.57 Å². The van der Waals surface area contributed by atoms with Gasteiger partial charge in [0.05, 0.1) is 30.7 Å². The Morgan fingerprint density at radius 3 is 2.46 bits per heavy atom. The highest BCUT2D eigenvalue weighted by Crippen LogP contribution is 2.50. The normalized spacial score (nSPS) is 20.5. The summed E-state index contributed by atoms with van der Waals surface area (Å²) in [5.74, 6) is 0.371. The summed E-state index contributed by atoms with van der Waals surface area (Å²) >= 11 is 0. The summed E-state index contributed by atoms with van der Waals surface area (Å²) in [6, 6.07) is 0.102. The molecular weight excluding hydrogens is 381 g/mol. The van der Waals surface area contributed by atoms with Gasteiger partial charge in [0.2, 0.25) is 0 Å². The molecule has 0 bridgehead atoms. The fraction of sp³-hybridized carbons (Fsp3) is 0.611. The third-order valence-electron chi connectivity index (χ3n) is 4.23. The van der Waals surface area contributed by atoms with Gasteiger partial charge in [0.1, 0.15) is 18.2 Å². The van der Waals surface area contributed by atoms with E-state index in [-0.39, 0.29) is 30.7 Å². The SMILES string of the molecule is CC(C)OP(=O)(CO[C@@H]1C=C[C@H](n2cnc3c(N)ncnc32)CC1)OC(C)C. The number of hydrogen-bond donors (Lipinski definition) is 1. The highest BCUT2D eigenvalue weighted by Gasteiger charge is 2.30. The Bertz CT molecular complexity index is 868. The van der Waals surface area contributed by atoms with E-state index < -0.39 is 7.60 Å². The van der Waals surface area contributed by atoms with Gasteiger partial charge in [-0.1, -0.05) is 12.2 Å². The van der Waals surface area contributed by atoms with Crippen molar-refractivity contribution in [3.05, 3.63) is 24.8 Å². The Balaban J connectivity index is 1.64. The molecule has 1 aliphatic rings. The Kier molecular flexibility index (Phi) is 6.50. The molecule has 2 atom stereocenters. The lowest BCUT2D eigenvalue weighted by Crippen LogP contribution is -2.21. The van der Waals surface area contributed by atoms with E-state index in [0.29, 0.717) is 17.0 Å². The Morgan fingerprint density at radius 1 is 1.14 bits per heavy atom. The predicted octanol–water partition coefficient (Wildman–Crippen LogP) is 3.69. The Hall–Kier alpha value is -1.80. The molecule has 0 saturated carbocycles. The van der Waals surface area contributed by atoms with E-state index in [1.165, 1.54) is 6.33 Å². The molecule has 9 nitrogen and oxygen atoms in total. The average molecular weight is 409 g/mol. The average Bonchev–Trinajstić information content (AvgIpc) is 3.04. The first kappa shape index (κ1) is 20.9. The molecule has 2 N–H and O–H groups in total. The van der Waals surface area contributed by atoms with Crippen molar-refractivity contribution in [2.24, 2.45) is 0 Å². The molecule has 0 fully saturated rings. The van der Waals surface area contributed by atoms with Crippen LogP contribution >= 0.6 is 7.60 Å². The summed E-state index contributed by atoms with van der Waals surface area (Å²) in [5, 5.41) is 0. The van der Waals surface area contributed by atoms with Crippen LogP contribution in [0.4, 0.5) is 5.82 Å². The molecule has 0 spiro atoms. The van der Waals surface area contributed by atoms with Crippen molar-refractivity contribution >= 4 is 24.6 Å². The van der Waals surface area contributed by atoms with E-state index in [9.17, 15) is 4.57 Å². The van der Waals surface area contributed by atoms with Crippen molar-refractivity contribution in [1.29, 1.82) is 0 Å². The summed E-state index contributed by atoms with van der Waals surface area (Å²) in [4.78, 5) is 12.6. The number of anilines is 1. The van der Waals surface area contributed by atoms with Crippen molar-refractivity contribution in [1.82, 2.24) is 19.5 Å². The maximum absolute atomic E-state index is 12.9. The molecule has 10 heteroatoms. The topological polar surface area (TPSA) is 114 Å². The van der Waals surface area contributed by atoms with E-state index in [1.807, 2.05) is 44.4 Å². The third-order valence-corrected chi connectivity index (χ3v) is 6.18. The highest BCUT2D eigenvalue weighted by molar-refractivity contribution is 7.53. The lowest BCUT2D eigenvalue weighted by molar-refractivity contribution is 0.0670. The summed E-state index contributed by atoms with van der Waals surface area (Å²) in [6.07, 6.45) is 8.16. The van der Waals surface area contributed by atoms with E-state index in [2.05, 4.69) is 15.0 Å². The molecule has 0 amide bonds. The molecule has 0 unspecified atom stereocenters. The molecule has 0 saturated heterocycles. The van der Waals surface area contributed by atoms with Crippen LogP contribution in [-0.2, 0) is 18.3 Å². The number of nitrogen functional groups attached to an aromatic ring is 1. The van der Waals surface area contributed by atoms with Gasteiger partial charge in [-0.05, 0) is 40.5 Å². The highest BCUT2D eigenvalue weighted by atomic mass is 31.2. The van der Waals surface area contributed by atoms with Crippen LogP contribution in [0, 0.1) is 0 Å². The van der Waals surface area contributed by atoms with E-state index in [4.69, 9.17) is 19.5 Å². The van der Waals surface area contributed by atoms with Crippen LogP contribution in [0.2, 0.25) is 0 Å². The summed E-state index contributed by atoms with van der Waals surface area (Å²) in [7, 11) is -3.30. The van der Waals surface area contributed by atoms with Crippen LogP contribution in [0.5, 0.6) is 0 Å². The molecule has 3 rings (SSSR count). The molecule has 2 aromatic heterocycles. The van der Waals surface area contributed by atoms with Crippen LogP contribution in [0.25, 0.3) is 11.2 Å². The second-order valence-corrected chi connectivity index (χ2v) is 9.27. The third kappa shape index (κ3) is 4.97. The number of ether oxygens (including phenoxy) is 1. The van der Waals surface area contributed by atoms with Gasteiger partial charge >= 0.3 is 7.60 Å². The summed E-state index contributed by atoms with van der Waals surface area (Å²) < 4.78 is 31.8. The lowest BCUT2D eigenvalue weighted by Gasteiger charge is -2.27. The molecule has 0 aromatic carbocycles. The van der Waals surface area contributed by atoms with E-state index in [0.717, 1.165) is 12.8 Å². The second kappa shape index (κ2) is 8.69. The van der Waals surface area contributed by atoms with Crippen LogP contribution in [0.1, 0.15) is 46.6 Å². The Labute approximate surface area is 164 Å². The van der Waals surface area contributed by atoms with Gasteiger partial charge < -0.3 is 24.1 Å². The molecular formula is C18H28N5O4P. The minimum Gasteiger partial charge on any atom is -0.382 e. The van der Waals surface area contributed by atoms with Crippen molar-refractivity contribution < 1.29 is 18.3 Å². The minimum absolute atomic E-state index is 0.0687. The Morgan fingerprint density at radius 2 is 1.86 bits per heavy atom. The molecule has 154 valence electrons. The van der Waals surface area contributed by atoms with Gasteiger partial charge in [-0.25, -0.2) is 15.0 Å². The number of nitrogens with zero attached hydrogens (tertiary/aromatic N) is 4. The first-order valence-corrected chi connectivity index (χ1v) is 11.2. The number of hydrogen-bond acceptors (Lipinski definition) is 8. The summed E-state index contributed by atoms with van der Waals surface area (Å²) in [5.41, 5.74) is 7.17. The first-order chi connectivity index (χ1) is 13.3. The predicted molar refractivity (Wildman–Crippen MR) is 107 cm³/mol. The van der Waals surface area contributed by atoms with Gasteiger partial charge in [0, 0.05) is 0 Å². The fourth-order valence-corrected chi connectivity index (χ4v) is 5.01. The lowest BCUT2D eigenvalue weighted by atomic mass is 10.0. The molecule has 2 heterocycles. The quantitative estimate of drug-likeness (QED) is 0.519. The smallest absolute Gasteiger partial charge is 0.356 e. The van der Waals surface area contributed by atoms with Crippen LogP contribution in [-0.4, -0.2) is 44.2 Å². The second-order valence-electron chi connectivity index (χ2n) is 7.37. The number of imidazole rings is 1. The molecule has 0 radical (unpaired) electrons. The number of rotatable bonds is 8. The number of aromatic nitrogens is 4. The van der Waals surface area contributed by atoms with Crippen LogP contribution in [0.3, 0.4) is 0 Å². The molecule has 0 aliphatic heterocycles. The van der Waals surface area contributed by atoms with E-state index >= 15 is 0 Å². The first-order valence-electron chi connectivity index (χ1n) is 9.46. The zero-order valence-electron chi connectivity index (χ0n) is 16.7. The maximum atomic E-state index is 12.9. The van der Waals surface area contributed by atoms with Crippen molar-refractivity contribution in [3.8, 4) is 0 Å². The van der Waals surface area contributed by atoms with Crippen LogP contribution in [0.15, 0.2) is 24.8 Å². The van der Waals surface area contributed by atoms with Gasteiger partial charge in [0.25, 0.3) is 0 Å².